The molecule has 0 radical (unpaired) electrons. The number of hydrogen-bond donors (Lipinski definition) is 0. The van der Waals surface area contributed by atoms with Crippen LogP contribution >= 0.6 is 23.2 Å². The van der Waals surface area contributed by atoms with E-state index in [9.17, 15) is 0 Å². The van der Waals surface area contributed by atoms with E-state index in [2.05, 4.69) is 24.9 Å². The van der Waals surface area contributed by atoms with Gasteiger partial charge in [0.2, 0.25) is 0 Å². The van der Waals surface area contributed by atoms with Crippen molar-refractivity contribution in [3.63, 3.8) is 0 Å². The quantitative estimate of drug-likeness (QED) is 0.417. The molecule has 2 aromatic carbocycles. The first kappa shape index (κ1) is 18.8. The first-order valence-electron chi connectivity index (χ1n) is 8.67. The Bertz CT molecular complexity index is 857. The van der Waals surface area contributed by atoms with Gasteiger partial charge in [0.25, 0.3) is 5.35 Å². The van der Waals surface area contributed by atoms with Crippen LogP contribution in [0.4, 0.5) is 0 Å². The first-order chi connectivity index (χ1) is 12.5. The van der Waals surface area contributed by atoms with Crippen molar-refractivity contribution in [1.29, 1.82) is 0 Å². The van der Waals surface area contributed by atoms with Gasteiger partial charge < -0.3 is 9.15 Å². The summed E-state index contributed by atoms with van der Waals surface area (Å²) in [7, 11) is 0. The molecule has 0 aliphatic heterocycles. The Morgan fingerprint density at radius 2 is 1.77 bits per heavy atom. The minimum absolute atomic E-state index is 0.149. The summed E-state index contributed by atoms with van der Waals surface area (Å²) in [6.45, 7) is 4.93. The van der Waals surface area contributed by atoms with Crippen LogP contribution < -0.4 is 4.74 Å². The maximum Gasteiger partial charge on any atom is 0.292 e. The van der Waals surface area contributed by atoms with Gasteiger partial charge in [-0.05, 0) is 47.7 Å². The van der Waals surface area contributed by atoms with Gasteiger partial charge in [-0.25, -0.2) is 0 Å². The zero-order chi connectivity index (χ0) is 18.5. The summed E-state index contributed by atoms with van der Waals surface area (Å²) in [5.74, 6) is 2.13. The molecule has 1 heterocycles. The van der Waals surface area contributed by atoms with Gasteiger partial charge in [-0.1, -0.05) is 55.8 Å². The number of aryl methyl sites for hydroxylation is 1. The fourth-order valence-corrected chi connectivity index (χ4v) is 3.13. The first-order valence-corrected chi connectivity index (χ1v) is 9.43. The normalized spacial score (nSPS) is 11.1. The standard InChI is InChI=1S/C21H21Cl2NO2/c1-14(2)17-6-3-4-7-18(17)25-13-5-8-19-20(24-21(23)26-19)15-9-11-16(22)12-10-15/h3-4,6-7,9-12,14H,5,8,13H2,1-2H3. The molecule has 0 fully saturated rings. The summed E-state index contributed by atoms with van der Waals surface area (Å²) in [6, 6.07) is 15.6. The van der Waals surface area contributed by atoms with Crippen molar-refractivity contribution in [3.05, 3.63) is 70.2 Å². The van der Waals surface area contributed by atoms with Gasteiger partial charge in [-0.2, -0.15) is 4.98 Å². The molecule has 0 unspecified atom stereocenters. The summed E-state index contributed by atoms with van der Waals surface area (Å²) in [6.07, 6.45) is 1.50. The summed E-state index contributed by atoms with van der Waals surface area (Å²) in [4.78, 5) is 4.30. The number of aromatic nitrogens is 1. The lowest BCUT2D eigenvalue weighted by Crippen LogP contribution is -2.02. The molecule has 3 nitrogen and oxygen atoms in total. The van der Waals surface area contributed by atoms with E-state index in [0.29, 0.717) is 24.0 Å². The third-order valence-electron chi connectivity index (χ3n) is 4.14. The topological polar surface area (TPSA) is 35.3 Å². The maximum absolute atomic E-state index is 5.98. The number of ether oxygens (including phenoxy) is 1. The predicted molar refractivity (Wildman–Crippen MR) is 106 cm³/mol. The van der Waals surface area contributed by atoms with Crippen LogP contribution in [0, 0.1) is 0 Å². The average molecular weight is 390 g/mol. The molecule has 0 bridgehead atoms. The number of hydrogen-bond acceptors (Lipinski definition) is 3. The minimum atomic E-state index is 0.149. The lowest BCUT2D eigenvalue weighted by molar-refractivity contribution is 0.302. The van der Waals surface area contributed by atoms with Crippen LogP contribution in [-0.2, 0) is 6.42 Å². The molecule has 1 aromatic heterocycles. The van der Waals surface area contributed by atoms with Crippen LogP contribution in [0.3, 0.4) is 0 Å². The Balaban J connectivity index is 1.63. The zero-order valence-electron chi connectivity index (χ0n) is 14.8. The van der Waals surface area contributed by atoms with Crippen molar-refractivity contribution >= 4 is 23.2 Å². The monoisotopic (exact) mass is 389 g/mol. The minimum Gasteiger partial charge on any atom is -0.493 e. The Morgan fingerprint density at radius 3 is 2.50 bits per heavy atom. The highest BCUT2D eigenvalue weighted by molar-refractivity contribution is 6.30. The molecule has 0 aliphatic rings. The van der Waals surface area contributed by atoms with Gasteiger partial charge >= 0.3 is 0 Å². The van der Waals surface area contributed by atoms with Gasteiger partial charge in [0.05, 0.1) is 6.61 Å². The Labute approximate surface area is 163 Å². The van der Waals surface area contributed by atoms with Crippen LogP contribution in [0.2, 0.25) is 10.4 Å². The summed E-state index contributed by atoms with van der Waals surface area (Å²) in [5, 5.41) is 0.832. The summed E-state index contributed by atoms with van der Waals surface area (Å²) < 4.78 is 11.6. The van der Waals surface area contributed by atoms with Gasteiger partial charge in [-0.15, -0.1) is 0 Å². The number of oxazole rings is 1. The molecule has 3 rings (SSSR count). The van der Waals surface area contributed by atoms with Crippen molar-refractivity contribution in [1.82, 2.24) is 4.98 Å². The van der Waals surface area contributed by atoms with Crippen LogP contribution in [0.1, 0.15) is 37.5 Å². The number of nitrogens with zero attached hydrogens (tertiary/aromatic N) is 1. The molecule has 0 aliphatic carbocycles. The predicted octanol–water partition coefficient (Wildman–Crippen LogP) is 6.78. The van der Waals surface area contributed by atoms with Gasteiger partial charge in [-0.3, -0.25) is 0 Å². The molecule has 0 N–H and O–H groups in total. The molecule has 0 saturated carbocycles. The van der Waals surface area contributed by atoms with E-state index < -0.39 is 0 Å². The Hall–Kier alpha value is -1.97. The zero-order valence-corrected chi connectivity index (χ0v) is 16.3. The molecule has 26 heavy (non-hydrogen) atoms. The van der Waals surface area contributed by atoms with Crippen LogP contribution in [-0.4, -0.2) is 11.6 Å². The third kappa shape index (κ3) is 4.60. The SMILES string of the molecule is CC(C)c1ccccc1OCCCc1oc(Cl)nc1-c1ccc(Cl)cc1. The second-order valence-electron chi connectivity index (χ2n) is 6.39. The molecule has 5 heteroatoms. The molecule has 0 amide bonds. The molecule has 0 saturated heterocycles. The van der Waals surface area contributed by atoms with E-state index in [1.54, 1.807) is 0 Å². The van der Waals surface area contributed by atoms with Crippen molar-refractivity contribution in [3.8, 4) is 17.0 Å². The van der Waals surface area contributed by atoms with E-state index in [0.717, 1.165) is 29.2 Å². The third-order valence-corrected chi connectivity index (χ3v) is 4.55. The fourth-order valence-electron chi connectivity index (χ4n) is 2.83. The average Bonchev–Trinajstić information content (AvgIpc) is 3.00. The number of para-hydroxylation sites is 1. The summed E-state index contributed by atoms with van der Waals surface area (Å²) in [5.41, 5.74) is 2.91. The maximum atomic E-state index is 5.98. The number of benzene rings is 2. The lowest BCUT2D eigenvalue weighted by atomic mass is 10.0. The smallest absolute Gasteiger partial charge is 0.292 e. The van der Waals surface area contributed by atoms with E-state index in [4.69, 9.17) is 32.4 Å². The van der Waals surface area contributed by atoms with Crippen LogP contribution in [0.5, 0.6) is 5.75 Å². The second-order valence-corrected chi connectivity index (χ2v) is 7.15. The van der Waals surface area contributed by atoms with Crippen molar-refractivity contribution in [2.24, 2.45) is 0 Å². The van der Waals surface area contributed by atoms with E-state index >= 15 is 0 Å². The molecular weight excluding hydrogens is 369 g/mol. The Kier molecular flexibility index (Phi) is 6.23. The van der Waals surface area contributed by atoms with Crippen molar-refractivity contribution in [2.45, 2.75) is 32.6 Å². The molecule has 3 aromatic rings. The Morgan fingerprint density at radius 1 is 1.04 bits per heavy atom. The van der Waals surface area contributed by atoms with E-state index in [-0.39, 0.29) is 5.35 Å². The van der Waals surface area contributed by atoms with Crippen molar-refractivity contribution in [2.75, 3.05) is 6.61 Å². The highest BCUT2D eigenvalue weighted by atomic mass is 35.5. The van der Waals surface area contributed by atoms with Gasteiger partial charge in [0, 0.05) is 17.0 Å². The van der Waals surface area contributed by atoms with Crippen LogP contribution in [0.15, 0.2) is 52.9 Å². The lowest BCUT2D eigenvalue weighted by Gasteiger charge is -2.13. The fraction of sp³-hybridized carbons (Fsp3) is 0.286. The summed E-state index contributed by atoms with van der Waals surface area (Å²) >= 11 is 11.9. The number of halogens is 2. The highest BCUT2D eigenvalue weighted by Gasteiger charge is 2.14. The highest BCUT2D eigenvalue weighted by Crippen LogP contribution is 2.29. The van der Waals surface area contributed by atoms with E-state index in [1.807, 2.05) is 42.5 Å². The van der Waals surface area contributed by atoms with E-state index in [1.165, 1.54) is 5.56 Å². The molecule has 0 atom stereocenters. The van der Waals surface area contributed by atoms with Gasteiger partial charge in [0.15, 0.2) is 0 Å². The van der Waals surface area contributed by atoms with Gasteiger partial charge in [0.1, 0.15) is 17.2 Å². The molecular formula is C21H21Cl2NO2. The largest absolute Gasteiger partial charge is 0.493 e. The van der Waals surface area contributed by atoms with Crippen molar-refractivity contribution < 1.29 is 9.15 Å². The number of rotatable bonds is 7. The molecule has 136 valence electrons. The second kappa shape index (κ2) is 8.61. The van der Waals surface area contributed by atoms with Crippen LogP contribution in [0.25, 0.3) is 11.3 Å². The molecule has 0 spiro atoms.